The molecule has 4 aromatic rings. The van der Waals surface area contributed by atoms with Gasteiger partial charge in [0, 0.05) is 24.5 Å². The molecule has 6 rings (SSSR count). The van der Waals surface area contributed by atoms with Crippen molar-refractivity contribution in [1.82, 2.24) is 23.9 Å². The Hall–Kier alpha value is -2.74. The molecule has 43 heavy (non-hydrogen) atoms. The maximum Gasteiger partial charge on any atom is 0.481 e. The Bertz CT molecular complexity index is 1690. The number of nitrogens with zero attached hydrogens (tertiary/aromatic N) is 6. The summed E-state index contributed by atoms with van der Waals surface area (Å²) in [5, 5.41) is 41.7. The first kappa shape index (κ1) is 30.3. The van der Waals surface area contributed by atoms with E-state index in [0.29, 0.717) is 11.2 Å². The summed E-state index contributed by atoms with van der Waals surface area (Å²) in [7, 11) is -10.6. The van der Waals surface area contributed by atoms with Crippen LogP contribution in [0, 0.1) is 0 Å². The summed E-state index contributed by atoms with van der Waals surface area (Å²) in [6, 6.07) is 5.04. The number of hydrogen-bond acceptors (Lipinski definition) is 14. The van der Waals surface area contributed by atoms with Gasteiger partial charge < -0.3 is 39.7 Å². The molecule has 0 aromatic carbocycles. The average Bonchev–Trinajstić information content (AvgIpc) is 3.73. The van der Waals surface area contributed by atoms with Crippen molar-refractivity contribution < 1.29 is 66.7 Å². The highest BCUT2D eigenvalue weighted by Crippen LogP contribution is 2.60. The Labute approximate surface area is 241 Å². The molecule has 6 heterocycles. The first-order valence-electron chi connectivity index (χ1n) is 12.7. The molecule has 4 aromatic heterocycles. The zero-order chi connectivity index (χ0) is 30.5. The van der Waals surface area contributed by atoms with E-state index in [1.165, 1.54) is 21.8 Å². The fourth-order valence-electron chi connectivity index (χ4n) is 4.84. The number of aliphatic hydroxyl groups is 4. The minimum atomic E-state index is -5.31. The van der Waals surface area contributed by atoms with Crippen molar-refractivity contribution in [3.63, 3.8) is 0 Å². The van der Waals surface area contributed by atoms with Crippen molar-refractivity contribution in [3.05, 3.63) is 55.6 Å². The van der Waals surface area contributed by atoms with Gasteiger partial charge >= 0.3 is 15.6 Å². The molecule has 19 nitrogen and oxygen atoms in total. The quantitative estimate of drug-likeness (QED) is 0.0852. The molecule has 2 fully saturated rings. The lowest BCUT2D eigenvalue weighted by atomic mass is 10.1. The monoisotopic (exact) mass is 645 g/mol. The van der Waals surface area contributed by atoms with Crippen LogP contribution in [0.4, 0.5) is 0 Å². The highest BCUT2D eigenvalue weighted by atomic mass is 31.3. The fourth-order valence-corrected chi connectivity index (χ4v) is 6.93. The van der Waals surface area contributed by atoms with E-state index in [2.05, 4.69) is 19.3 Å². The number of aromatic nitrogens is 6. The molecule has 0 saturated carbocycles. The van der Waals surface area contributed by atoms with Crippen LogP contribution in [0.15, 0.2) is 55.6 Å². The van der Waals surface area contributed by atoms with Gasteiger partial charge in [-0.05, 0) is 0 Å². The lowest BCUT2D eigenvalue weighted by molar-refractivity contribution is -0.765. The van der Waals surface area contributed by atoms with Gasteiger partial charge in [0.1, 0.15) is 36.8 Å². The van der Waals surface area contributed by atoms with Crippen LogP contribution in [-0.4, -0.2) is 104 Å². The van der Waals surface area contributed by atoms with Gasteiger partial charge in [-0.2, -0.15) is 8.88 Å². The van der Waals surface area contributed by atoms with Gasteiger partial charge in [-0.15, -0.1) is 0 Å². The number of fused-ring (bicyclic) bond motifs is 3. The number of rotatable bonds is 10. The molecule has 0 radical (unpaired) electrons. The van der Waals surface area contributed by atoms with Gasteiger partial charge in [0.2, 0.25) is 0 Å². The van der Waals surface area contributed by atoms with Gasteiger partial charge in [0.25, 0.3) is 6.23 Å². The zero-order valence-electron chi connectivity index (χ0n) is 21.8. The Morgan fingerprint density at radius 1 is 0.814 bits per heavy atom. The van der Waals surface area contributed by atoms with E-state index < -0.39 is 77.9 Å². The van der Waals surface area contributed by atoms with E-state index in [1.807, 2.05) is 0 Å². The molecule has 3 unspecified atom stereocenters. The van der Waals surface area contributed by atoms with Crippen LogP contribution in [0.2, 0.25) is 0 Å². The van der Waals surface area contributed by atoms with Crippen molar-refractivity contribution in [2.75, 3.05) is 13.2 Å². The van der Waals surface area contributed by atoms with E-state index in [1.54, 1.807) is 47.4 Å². The maximum atomic E-state index is 12.4. The standard InChI is InChI=1S/C22H26N6O13P2/c29-15-12(39-21(17(15)31)26-5-2-1-3-6-26)8-37-42(33,34)41-43(35,36)38-9-13-16(30)18(32)22(40-13)28-11-24-14-19-23-4-7-27(19)10-25-20(14)28/h1-7,10-13,15-18,21-22,29-32H,8-9H2,(H-,33,34,35,36)/p+1/t12-,13-,15-,16-,17-,18-,21-,22?/m1/s1. The first-order chi connectivity index (χ1) is 20.4. The topological polar surface area (TPSA) is 254 Å². The lowest BCUT2D eigenvalue weighted by Gasteiger charge is -2.20. The van der Waals surface area contributed by atoms with E-state index in [0.717, 1.165) is 0 Å². The van der Waals surface area contributed by atoms with E-state index >= 15 is 0 Å². The number of aliphatic hydroxyl groups excluding tert-OH is 4. The predicted octanol–water partition coefficient (Wildman–Crippen LogP) is -1.44. The minimum absolute atomic E-state index is 0.281. The van der Waals surface area contributed by atoms with Crippen molar-refractivity contribution in [1.29, 1.82) is 0 Å². The second kappa shape index (κ2) is 11.6. The molecule has 6 N–H and O–H groups in total. The highest BCUT2D eigenvalue weighted by molar-refractivity contribution is 7.61. The molecule has 21 heteroatoms. The Morgan fingerprint density at radius 3 is 2.16 bits per heavy atom. The van der Waals surface area contributed by atoms with Gasteiger partial charge in [0.15, 0.2) is 41.5 Å². The highest BCUT2D eigenvalue weighted by Gasteiger charge is 2.50. The summed E-state index contributed by atoms with van der Waals surface area (Å²) in [5.74, 6) is 0. The number of pyridine rings is 1. The summed E-state index contributed by atoms with van der Waals surface area (Å²) in [6.45, 7) is -1.65. The summed E-state index contributed by atoms with van der Waals surface area (Å²) >= 11 is 0. The molecule has 0 aliphatic carbocycles. The number of imidazole rings is 2. The third-order valence-electron chi connectivity index (χ3n) is 6.94. The molecule has 0 amide bonds. The van der Waals surface area contributed by atoms with Crippen molar-refractivity contribution >= 4 is 32.5 Å². The van der Waals surface area contributed by atoms with Crippen molar-refractivity contribution in [2.45, 2.75) is 49.1 Å². The Balaban J connectivity index is 1.05. The van der Waals surface area contributed by atoms with Gasteiger partial charge in [-0.25, -0.2) is 24.1 Å². The fraction of sp³-hybridized carbons (Fsp3) is 0.455. The predicted molar refractivity (Wildman–Crippen MR) is 137 cm³/mol. The lowest BCUT2D eigenvalue weighted by Crippen LogP contribution is -2.45. The zero-order valence-corrected chi connectivity index (χ0v) is 23.6. The number of hydrogen-bond donors (Lipinski definition) is 6. The average molecular weight is 645 g/mol. The van der Waals surface area contributed by atoms with Gasteiger partial charge in [0.05, 0.1) is 19.5 Å². The second-order valence-corrected chi connectivity index (χ2v) is 12.8. The van der Waals surface area contributed by atoms with Crippen LogP contribution in [0.1, 0.15) is 12.5 Å². The van der Waals surface area contributed by atoms with Crippen LogP contribution >= 0.6 is 15.6 Å². The van der Waals surface area contributed by atoms with Gasteiger partial charge in [-0.3, -0.25) is 18.0 Å². The first-order valence-corrected chi connectivity index (χ1v) is 15.7. The molecule has 0 spiro atoms. The number of phosphoric ester groups is 2. The molecule has 2 aliphatic rings. The molecule has 2 saturated heterocycles. The normalized spacial score (nSPS) is 32.3. The summed E-state index contributed by atoms with van der Waals surface area (Å²) in [5.41, 5.74) is 1.17. The SMILES string of the molecule is O=P(O)(OC[C@H]1OC(n2cnc3c2ncn2ccnc32)[C@H](O)[C@@H]1O)OP(=O)(O)OC[C@H]1O[C@@H]([n+]2ccccc2)[C@H](O)[C@@H]1O. The minimum Gasteiger partial charge on any atom is -0.387 e. The third kappa shape index (κ3) is 6.01. The summed E-state index contributed by atoms with van der Waals surface area (Å²) < 4.78 is 54.2. The van der Waals surface area contributed by atoms with Crippen LogP contribution in [0.3, 0.4) is 0 Å². The summed E-state index contributed by atoms with van der Waals surface area (Å²) in [4.78, 5) is 32.8. The van der Waals surface area contributed by atoms with Crippen LogP contribution in [0.25, 0.3) is 16.8 Å². The Kier molecular flexibility index (Phi) is 8.20. The smallest absolute Gasteiger partial charge is 0.387 e. The molecular weight excluding hydrogens is 618 g/mol. The van der Waals surface area contributed by atoms with Crippen molar-refractivity contribution in [2.24, 2.45) is 0 Å². The summed E-state index contributed by atoms with van der Waals surface area (Å²) in [6.07, 6.45) is -1.87. The van der Waals surface area contributed by atoms with Crippen LogP contribution in [-0.2, 0) is 32.0 Å². The third-order valence-corrected chi connectivity index (χ3v) is 9.55. The second-order valence-electron chi connectivity index (χ2n) is 9.75. The van der Waals surface area contributed by atoms with Gasteiger partial charge in [-0.1, -0.05) is 6.07 Å². The van der Waals surface area contributed by atoms with Crippen molar-refractivity contribution in [3.8, 4) is 0 Å². The van der Waals surface area contributed by atoms with Crippen LogP contribution < -0.4 is 4.57 Å². The molecule has 10 atom stereocenters. The maximum absolute atomic E-state index is 12.4. The van der Waals surface area contributed by atoms with Crippen LogP contribution in [0.5, 0.6) is 0 Å². The molecular formula is C22H27N6O13P2+. The molecule has 232 valence electrons. The largest absolute Gasteiger partial charge is 0.481 e. The number of phosphoric acid groups is 2. The molecule has 2 aliphatic heterocycles. The Morgan fingerprint density at radius 2 is 1.47 bits per heavy atom. The van der Waals surface area contributed by atoms with E-state index in [-0.39, 0.29) is 5.65 Å². The number of ether oxygens (including phenoxy) is 2. The van der Waals surface area contributed by atoms with E-state index in [4.69, 9.17) is 18.5 Å². The molecule has 0 bridgehead atoms. The van der Waals surface area contributed by atoms with E-state index in [9.17, 15) is 39.3 Å².